The lowest BCUT2D eigenvalue weighted by atomic mass is 9.85. The molecule has 0 aliphatic rings. The third-order valence-electron chi connectivity index (χ3n) is 8.19. The molecule has 0 aliphatic carbocycles. The Morgan fingerprint density at radius 3 is 2.00 bits per heavy atom. The molecule has 228 valence electrons. The Hall–Kier alpha value is -3.14. The topological polar surface area (TPSA) is 63.6 Å². The summed E-state index contributed by atoms with van der Waals surface area (Å²) in [6.45, 7) is 8.78. The molecule has 0 fully saturated rings. The van der Waals surface area contributed by atoms with Crippen molar-refractivity contribution in [3.8, 4) is 5.75 Å². The van der Waals surface area contributed by atoms with Crippen molar-refractivity contribution in [3.05, 3.63) is 66.2 Å². The fraction of sp³-hybridized carbons (Fsp3) is 0.526. The van der Waals surface area contributed by atoms with Crippen LogP contribution >= 0.6 is 0 Å². The zero-order chi connectivity index (χ0) is 30.4. The summed E-state index contributed by atoms with van der Waals surface area (Å²) in [4.78, 5) is 25.0. The number of allylic oxidation sites excluding steroid dienone is 1. The fourth-order valence-electron chi connectivity index (χ4n) is 5.54. The van der Waals surface area contributed by atoms with Crippen LogP contribution in [-0.4, -0.2) is 17.0 Å². The van der Waals surface area contributed by atoms with Crippen molar-refractivity contribution in [3.63, 3.8) is 0 Å². The number of hydrogen-bond donors (Lipinski definition) is 1. The normalized spacial score (nSPS) is 12.8. The van der Waals surface area contributed by atoms with Gasteiger partial charge in [-0.1, -0.05) is 153 Å². The molecule has 0 saturated heterocycles. The quantitative estimate of drug-likeness (QED) is 0.0541. The summed E-state index contributed by atoms with van der Waals surface area (Å²) >= 11 is 0. The van der Waals surface area contributed by atoms with Crippen LogP contribution in [0.1, 0.15) is 123 Å². The summed E-state index contributed by atoms with van der Waals surface area (Å²) < 4.78 is 5.93. The molecule has 3 aromatic rings. The number of unbranched alkanes of at least 4 members (excludes halogenated alkanes) is 12. The van der Waals surface area contributed by atoms with E-state index in [0.717, 1.165) is 40.8 Å². The summed E-state index contributed by atoms with van der Waals surface area (Å²) in [6, 6.07) is 16.2. The minimum atomic E-state index is -1.00. The summed E-state index contributed by atoms with van der Waals surface area (Å²) in [5, 5.41) is 13.5. The Bertz CT molecular complexity index is 1310. The highest BCUT2D eigenvalue weighted by Gasteiger charge is 2.22. The van der Waals surface area contributed by atoms with E-state index in [9.17, 15) is 14.7 Å². The Labute approximate surface area is 253 Å². The molecular weight excluding hydrogens is 520 g/mol. The Kier molecular flexibility index (Phi) is 13.6. The minimum absolute atomic E-state index is 0.00897. The standard InChI is InChI=1S/C38H52O4/c1-5-6-7-8-9-10-11-12-13-14-15-16-17-18-22-30(37(40)41)28-35(39)42-36-33-23-20-19-21-29(33)26-31-27-32(38(2,3)4)24-25-34(31)36/h18-27,30H,5-17,28H2,1-4H3,(H,40,41). The van der Waals surface area contributed by atoms with E-state index < -0.39 is 17.9 Å². The van der Waals surface area contributed by atoms with Gasteiger partial charge in [0.05, 0.1) is 12.3 Å². The zero-order valence-electron chi connectivity index (χ0n) is 26.4. The van der Waals surface area contributed by atoms with Crippen molar-refractivity contribution >= 4 is 33.5 Å². The molecule has 0 heterocycles. The van der Waals surface area contributed by atoms with E-state index in [0.29, 0.717) is 5.75 Å². The van der Waals surface area contributed by atoms with Crippen molar-refractivity contribution < 1.29 is 19.4 Å². The Morgan fingerprint density at radius 2 is 1.38 bits per heavy atom. The van der Waals surface area contributed by atoms with Gasteiger partial charge in [-0.2, -0.15) is 0 Å². The second kappa shape index (κ2) is 17.1. The second-order valence-corrected chi connectivity index (χ2v) is 12.8. The average molecular weight is 573 g/mol. The zero-order valence-corrected chi connectivity index (χ0v) is 26.4. The largest absolute Gasteiger partial charge is 0.481 e. The number of carboxylic acids is 1. The second-order valence-electron chi connectivity index (χ2n) is 12.8. The van der Waals surface area contributed by atoms with Gasteiger partial charge in [-0.25, -0.2) is 0 Å². The van der Waals surface area contributed by atoms with Gasteiger partial charge in [-0.3, -0.25) is 9.59 Å². The first kappa shape index (κ1) is 33.4. The molecule has 1 atom stereocenters. The van der Waals surface area contributed by atoms with Gasteiger partial charge in [0.15, 0.2) is 0 Å². The summed E-state index contributed by atoms with van der Waals surface area (Å²) in [5.41, 5.74) is 1.19. The van der Waals surface area contributed by atoms with Crippen LogP contribution in [0.2, 0.25) is 0 Å². The third-order valence-corrected chi connectivity index (χ3v) is 8.19. The monoisotopic (exact) mass is 572 g/mol. The molecule has 4 heteroatoms. The van der Waals surface area contributed by atoms with E-state index in [1.54, 1.807) is 6.08 Å². The molecule has 0 spiro atoms. The van der Waals surface area contributed by atoms with Gasteiger partial charge in [0, 0.05) is 10.8 Å². The number of ether oxygens (including phenoxy) is 1. The van der Waals surface area contributed by atoms with E-state index >= 15 is 0 Å². The maximum atomic E-state index is 13.1. The minimum Gasteiger partial charge on any atom is -0.481 e. The first-order valence-electron chi connectivity index (χ1n) is 16.3. The summed E-state index contributed by atoms with van der Waals surface area (Å²) in [7, 11) is 0. The van der Waals surface area contributed by atoms with Gasteiger partial charge >= 0.3 is 11.9 Å². The molecule has 0 saturated carbocycles. The van der Waals surface area contributed by atoms with Gasteiger partial charge in [0.25, 0.3) is 0 Å². The molecule has 3 rings (SSSR count). The molecule has 0 bridgehead atoms. The SMILES string of the molecule is CCCCCCCCCCCCCCC=CC(CC(=O)Oc1c2ccccc2cc2cc(C(C)(C)C)ccc12)C(=O)O. The van der Waals surface area contributed by atoms with Gasteiger partial charge in [-0.05, 0) is 40.7 Å². The first-order valence-corrected chi connectivity index (χ1v) is 16.3. The molecule has 1 N–H and O–H groups in total. The number of carbonyl (C=O) groups is 2. The van der Waals surface area contributed by atoms with Crippen LogP contribution in [0, 0.1) is 5.92 Å². The van der Waals surface area contributed by atoms with Crippen LogP contribution in [0.5, 0.6) is 5.75 Å². The highest BCUT2D eigenvalue weighted by atomic mass is 16.5. The van der Waals surface area contributed by atoms with Crippen LogP contribution in [0.25, 0.3) is 21.5 Å². The van der Waals surface area contributed by atoms with Crippen molar-refractivity contribution in [2.75, 3.05) is 0 Å². The number of benzene rings is 3. The van der Waals surface area contributed by atoms with Gasteiger partial charge in [-0.15, -0.1) is 0 Å². The van der Waals surface area contributed by atoms with Crippen LogP contribution in [-0.2, 0) is 15.0 Å². The highest BCUT2D eigenvalue weighted by Crippen LogP contribution is 2.37. The number of esters is 1. The average Bonchev–Trinajstić information content (AvgIpc) is 2.95. The van der Waals surface area contributed by atoms with E-state index in [1.165, 1.54) is 69.8 Å². The highest BCUT2D eigenvalue weighted by molar-refractivity contribution is 6.06. The third kappa shape index (κ3) is 10.6. The molecule has 0 radical (unpaired) electrons. The van der Waals surface area contributed by atoms with Crippen LogP contribution in [0.4, 0.5) is 0 Å². The molecule has 42 heavy (non-hydrogen) atoms. The number of carboxylic acid groups (broad SMARTS) is 1. The molecule has 0 aromatic heterocycles. The van der Waals surface area contributed by atoms with E-state index in [4.69, 9.17) is 4.74 Å². The lowest BCUT2D eigenvalue weighted by Gasteiger charge is -2.20. The van der Waals surface area contributed by atoms with Crippen molar-refractivity contribution in [1.29, 1.82) is 0 Å². The van der Waals surface area contributed by atoms with Gasteiger partial charge in [0.2, 0.25) is 0 Å². The number of rotatable bonds is 18. The van der Waals surface area contributed by atoms with Gasteiger partial charge < -0.3 is 9.84 Å². The fourth-order valence-corrected chi connectivity index (χ4v) is 5.54. The lowest BCUT2D eigenvalue weighted by Crippen LogP contribution is -2.19. The maximum absolute atomic E-state index is 13.1. The maximum Gasteiger partial charge on any atom is 0.312 e. The van der Waals surface area contributed by atoms with E-state index in [1.807, 2.05) is 36.4 Å². The molecule has 0 amide bonds. The molecule has 0 aliphatic heterocycles. The van der Waals surface area contributed by atoms with Gasteiger partial charge in [0.1, 0.15) is 5.75 Å². The predicted octanol–water partition coefficient (Wildman–Crippen LogP) is 10.9. The number of carbonyl (C=O) groups excluding carboxylic acids is 1. The Morgan fingerprint density at radius 1 is 0.786 bits per heavy atom. The van der Waals surface area contributed by atoms with Crippen molar-refractivity contribution in [2.24, 2.45) is 5.92 Å². The van der Waals surface area contributed by atoms with E-state index in [2.05, 4.69) is 45.9 Å². The molecule has 4 nitrogen and oxygen atoms in total. The van der Waals surface area contributed by atoms with E-state index in [-0.39, 0.29) is 11.8 Å². The first-order chi connectivity index (χ1) is 20.2. The smallest absolute Gasteiger partial charge is 0.312 e. The van der Waals surface area contributed by atoms with Crippen molar-refractivity contribution in [2.45, 2.75) is 123 Å². The number of hydrogen-bond acceptors (Lipinski definition) is 3. The molecule has 3 aromatic carbocycles. The van der Waals surface area contributed by atoms with Crippen molar-refractivity contribution in [1.82, 2.24) is 0 Å². The molecule has 1 unspecified atom stereocenters. The lowest BCUT2D eigenvalue weighted by molar-refractivity contribution is -0.145. The molecular formula is C38H52O4. The van der Waals surface area contributed by atoms with Crippen LogP contribution in [0.3, 0.4) is 0 Å². The number of fused-ring (bicyclic) bond motifs is 2. The predicted molar refractivity (Wildman–Crippen MR) is 176 cm³/mol. The number of aliphatic carboxylic acids is 1. The summed E-state index contributed by atoms with van der Waals surface area (Å²) in [5.74, 6) is -1.94. The Balaban J connectivity index is 1.51. The van der Waals surface area contributed by atoms with Crippen LogP contribution < -0.4 is 4.74 Å². The summed E-state index contributed by atoms with van der Waals surface area (Å²) in [6.07, 6.45) is 19.8. The van der Waals surface area contributed by atoms with Crippen LogP contribution in [0.15, 0.2) is 60.7 Å².